The van der Waals surface area contributed by atoms with E-state index in [0.717, 1.165) is 24.2 Å². The lowest BCUT2D eigenvalue weighted by Crippen LogP contribution is -2.33. The summed E-state index contributed by atoms with van der Waals surface area (Å²) in [6.07, 6.45) is 2.47. The van der Waals surface area contributed by atoms with Gasteiger partial charge in [0.25, 0.3) is 0 Å². The summed E-state index contributed by atoms with van der Waals surface area (Å²) in [5, 5.41) is 3.81. The number of ether oxygens (including phenoxy) is 1. The molecule has 21 heavy (non-hydrogen) atoms. The van der Waals surface area contributed by atoms with Crippen molar-refractivity contribution in [1.29, 1.82) is 0 Å². The van der Waals surface area contributed by atoms with E-state index in [0.29, 0.717) is 12.1 Å². The van der Waals surface area contributed by atoms with E-state index < -0.39 is 0 Å². The molecular weight excluding hydrogens is 258 g/mol. The van der Waals surface area contributed by atoms with E-state index in [1.807, 2.05) is 6.92 Å². The van der Waals surface area contributed by atoms with E-state index in [9.17, 15) is 0 Å². The molecule has 2 heteroatoms. The summed E-state index contributed by atoms with van der Waals surface area (Å²) in [7, 11) is 0. The first-order valence-corrected chi connectivity index (χ1v) is 8.41. The second-order valence-electron chi connectivity index (χ2n) is 6.85. The maximum absolute atomic E-state index is 5.51. The fourth-order valence-corrected chi connectivity index (χ4v) is 2.84. The fraction of sp³-hybridized carbons (Fsp3) is 0.684. The highest BCUT2D eigenvalue weighted by atomic mass is 16.5. The van der Waals surface area contributed by atoms with Gasteiger partial charge in [-0.3, -0.25) is 0 Å². The Kier molecular flexibility index (Phi) is 7.81. The Balaban J connectivity index is 2.64. The molecule has 1 N–H and O–H groups in total. The molecule has 1 unspecified atom stereocenters. The van der Waals surface area contributed by atoms with E-state index >= 15 is 0 Å². The fourth-order valence-electron chi connectivity index (χ4n) is 2.84. The first kappa shape index (κ1) is 18.0. The van der Waals surface area contributed by atoms with Crippen molar-refractivity contribution in [3.63, 3.8) is 0 Å². The highest BCUT2D eigenvalue weighted by molar-refractivity contribution is 5.29. The monoisotopic (exact) mass is 291 g/mol. The van der Waals surface area contributed by atoms with Crippen molar-refractivity contribution < 1.29 is 4.74 Å². The molecular formula is C19H33NO. The summed E-state index contributed by atoms with van der Waals surface area (Å²) in [5.74, 6) is 2.41. The first-order chi connectivity index (χ1) is 9.92. The van der Waals surface area contributed by atoms with Crippen LogP contribution in [-0.2, 0) is 0 Å². The van der Waals surface area contributed by atoms with Crippen LogP contribution in [-0.4, -0.2) is 12.6 Å². The third kappa shape index (κ3) is 6.99. The molecule has 0 aliphatic heterocycles. The van der Waals surface area contributed by atoms with Gasteiger partial charge in [-0.25, -0.2) is 0 Å². The Bertz CT molecular complexity index is 373. The average molecular weight is 291 g/mol. The molecule has 0 amide bonds. The zero-order valence-electron chi connectivity index (χ0n) is 14.6. The van der Waals surface area contributed by atoms with Gasteiger partial charge >= 0.3 is 0 Å². The van der Waals surface area contributed by atoms with Crippen LogP contribution in [0.2, 0.25) is 0 Å². The van der Waals surface area contributed by atoms with Crippen LogP contribution in [0.3, 0.4) is 0 Å². The van der Waals surface area contributed by atoms with Gasteiger partial charge in [0.2, 0.25) is 0 Å². The van der Waals surface area contributed by atoms with Crippen LogP contribution in [0.4, 0.5) is 0 Å². The lowest BCUT2D eigenvalue weighted by molar-refractivity contribution is 0.333. The molecule has 120 valence electrons. The quantitative estimate of drug-likeness (QED) is 0.675. The van der Waals surface area contributed by atoms with Crippen LogP contribution in [0.5, 0.6) is 5.75 Å². The standard InChI is InChI=1S/C19H33NO/c1-7-21-19-10-8-17(9-11-19)16(6)20-18(12-14(2)3)13-15(4)5/h8-11,14-16,18,20H,7,12-13H2,1-6H3. The van der Waals surface area contributed by atoms with Crippen LogP contribution < -0.4 is 10.1 Å². The molecule has 1 atom stereocenters. The minimum atomic E-state index is 0.378. The molecule has 0 bridgehead atoms. The Labute approximate surface area is 131 Å². The van der Waals surface area contributed by atoms with Crippen LogP contribution in [0, 0.1) is 11.8 Å². The van der Waals surface area contributed by atoms with Crippen LogP contribution >= 0.6 is 0 Å². The van der Waals surface area contributed by atoms with E-state index in [1.54, 1.807) is 0 Å². The van der Waals surface area contributed by atoms with E-state index in [2.05, 4.69) is 64.2 Å². The molecule has 0 aliphatic carbocycles. The predicted octanol–water partition coefficient (Wildman–Crippen LogP) is 5.20. The third-order valence-corrected chi connectivity index (χ3v) is 3.69. The Morgan fingerprint density at radius 3 is 1.86 bits per heavy atom. The minimum Gasteiger partial charge on any atom is -0.494 e. The second-order valence-corrected chi connectivity index (χ2v) is 6.85. The van der Waals surface area contributed by atoms with E-state index in [-0.39, 0.29) is 0 Å². The predicted molar refractivity (Wildman–Crippen MR) is 91.9 cm³/mol. The number of nitrogens with one attached hydrogen (secondary N) is 1. The molecule has 0 heterocycles. The summed E-state index contributed by atoms with van der Waals surface area (Å²) in [4.78, 5) is 0. The number of hydrogen-bond donors (Lipinski definition) is 1. The number of hydrogen-bond acceptors (Lipinski definition) is 2. The molecule has 1 aromatic carbocycles. The highest BCUT2D eigenvalue weighted by Gasteiger charge is 2.16. The van der Waals surface area contributed by atoms with Gasteiger partial charge in [0.15, 0.2) is 0 Å². The molecule has 0 aromatic heterocycles. The normalized spacial score (nSPS) is 13.2. The smallest absolute Gasteiger partial charge is 0.119 e. The maximum atomic E-state index is 5.51. The van der Waals surface area contributed by atoms with Crippen LogP contribution in [0.1, 0.15) is 66.0 Å². The van der Waals surface area contributed by atoms with Gasteiger partial charge in [0, 0.05) is 12.1 Å². The molecule has 0 spiro atoms. The summed E-state index contributed by atoms with van der Waals surface area (Å²) in [5.41, 5.74) is 1.33. The Morgan fingerprint density at radius 1 is 0.905 bits per heavy atom. The molecule has 1 aromatic rings. The van der Waals surface area contributed by atoms with Gasteiger partial charge in [-0.05, 0) is 56.2 Å². The summed E-state index contributed by atoms with van der Waals surface area (Å²) in [6.45, 7) is 14.2. The molecule has 0 saturated carbocycles. The lowest BCUT2D eigenvalue weighted by Gasteiger charge is -2.26. The van der Waals surface area contributed by atoms with Crippen molar-refractivity contribution in [3.05, 3.63) is 29.8 Å². The maximum Gasteiger partial charge on any atom is 0.119 e. The van der Waals surface area contributed by atoms with Gasteiger partial charge < -0.3 is 10.1 Å². The Morgan fingerprint density at radius 2 is 1.43 bits per heavy atom. The lowest BCUT2D eigenvalue weighted by atomic mass is 9.94. The van der Waals surface area contributed by atoms with Crippen LogP contribution in [0.15, 0.2) is 24.3 Å². The number of benzene rings is 1. The zero-order valence-corrected chi connectivity index (χ0v) is 14.6. The molecule has 0 aliphatic rings. The second kappa shape index (κ2) is 9.09. The topological polar surface area (TPSA) is 21.3 Å². The average Bonchev–Trinajstić information content (AvgIpc) is 2.38. The van der Waals surface area contributed by atoms with E-state index in [4.69, 9.17) is 4.74 Å². The van der Waals surface area contributed by atoms with Gasteiger partial charge in [0.1, 0.15) is 5.75 Å². The SMILES string of the molecule is CCOc1ccc(C(C)NC(CC(C)C)CC(C)C)cc1. The first-order valence-electron chi connectivity index (χ1n) is 8.41. The highest BCUT2D eigenvalue weighted by Crippen LogP contribution is 2.21. The van der Waals surface area contributed by atoms with E-state index in [1.165, 1.54) is 18.4 Å². The summed E-state index contributed by atoms with van der Waals surface area (Å²) < 4.78 is 5.51. The molecule has 2 nitrogen and oxygen atoms in total. The molecule has 0 fully saturated rings. The van der Waals surface area contributed by atoms with Gasteiger partial charge in [-0.15, -0.1) is 0 Å². The van der Waals surface area contributed by atoms with Crippen LogP contribution in [0.25, 0.3) is 0 Å². The van der Waals surface area contributed by atoms with Gasteiger partial charge in [0.05, 0.1) is 6.61 Å². The van der Waals surface area contributed by atoms with Gasteiger partial charge in [-0.1, -0.05) is 39.8 Å². The summed E-state index contributed by atoms with van der Waals surface area (Å²) in [6, 6.07) is 9.44. The van der Waals surface area contributed by atoms with Gasteiger partial charge in [-0.2, -0.15) is 0 Å². The van der Waals surface area contributed by atoms with Crippen molar-refractivity contribution in [2.75, 3.05) is 6.61 Å². The third-order valence-electron chi connectivity index (χ3n) is 3.69. The van der Waals surface area contributed by atoms with Crippen molar-refractivity contribution >= 4 is 0 Å². The summed E-state index contributed by atoms with van der Waals surface area (Å²) >= 11 is 0. The molecule has 0 radical (unpaired) electrons. The number of rotatable bonds is 9. The Hall–Kier alpha value is -1.02. The molecule has 0 saturated heterocycles. The van der Waals surface area contributed by atoms with Crippen molar-refractivity contribution in [2.24, 2.45) is 11.8 Å². The minimum absolute atomic E-state index is 0.378. The van der Waals surface area contributed by atoms with Crippen molar-refractivity contribution in [2.45, 2.75) is 66.5 Å². The van der Waals surface area contributed by atoms with Crippen molar-refractivity contribution in [1.82, 2.24) is 5.32 Å². The van der Waals surface area contributed by atoms with Crippen molar-refractivity contribution in [3.8, 4) is 5.75 Å². The zero-order chi connectivity index (χ0) is 15.8. The largest absolute Gasteiger partial charge is 0.494 e. The molecule has 1 rings (SSSR count).